The monoisotopic (exact) mass is 573 g/mol. The van der Waals surface area contributed by atoms with E-state index < -0.39 is 19.5 Å². The molecule has 0 amide bonds. The minimum absolute atomic E-state index is 0.0294. The minimum Gasteiger partial charge on any atom is -0.497 e. The van der Waals surface area contributed by atoms with E-state index in [1.165, 1.54) is 11.1 Å². The second kappa shape index (κ2) is 12.7. The molecule has 2 aliphatic rings. The Labute approximate surface area is 244 Å². The van der Waals surface area contributed by atoms with Gasteiger partial charge in [-0.15, -0.1) is 0 Å². The summed E-state index contributed by atoms with van der Waals surface area (Å²) in [6.45, 7) is 24.6. The molecule has 0 radical (unpaired) electrons. The molecule has 2 heterocycles. The molecule has 0 spiro atoms. The number of hydrogen-bond acceptors (Lipinski definition) is 6. The predicted molar refractivity (Wildman–Crippen MR) is 165 cm³/mol. The lowest BCUT2D eigenvalue weighted by Gasteiger charge is -2.46. The van der Waals surface area contributed by atoms with Crippen LogP contribution in [0.1, 0.15) is 73.3 Å². The van der Waals surface area contributed by atoms with E-state index in [1.807, 2.05) is 32.9 Å². The number of piperidine rings is 1. The van der Waals surface area contributed by atoms with Gasteiger partial charge in [0.15, 0.2) is 5.79 Å². The summed E-state index contributed by atoms with van der Waals surface area (Å²) in [6.07, 6.45) is 2.63. The number of hydrogen-bond donors (Lipinski definition) is 0. The van der Waals surface area contributed by atoms with E-state index in [9.17, 15) is 4.79 Å². The molecule has 2 aliphatic heterocycles. The first kappa shape index (κ1) is 32.8. The zero-order valence-electron chi connectivity index (χ0n) is 27.1. The highest BCUT2D eigenvalue weighted by atomic mass is 28.3. The summed E-state index contributed by atoms with van der Waals surface area (Å²) >= 11 is 0. The fourth-order valence-electron chi connectivity index (χ4n) is 5.71. The molecule has 7 heteroatoms. The Balaban J connectivity index is 1.94. The highest BCUT2D eigenvalue weighted by molar-refractivity contribution is 6.81. The minimum atomic E-state index is -1.62. The number of benzene rings is 1. The van der Waals surface area contributed by atoms with Gasteiger partial charge in [-0.25, -0.2) is 0 Å². The summed E-state index contributed by atoms with van der Waals surface area (Å²) in [7, 11) is 0.0847. The van der Waals surface area contributed by atoms with Gasteiger partial charge in [-0.2, -0.15) is 0 Å². The normalized spacial score (nSPS) is 25.4. The number of carbonyl (C=O) groups excluding carboxylic acids is 1. The molecule has 3 atom stereocenters. The van der Waals surface area contributed by atoms with Crippen molar-refractivity contribution in [2.45, 2.75) is 111 Å². The molecule has 6 nitrogen and oxygen atoms in total. The Hall–Kier alpha value is -1.67. The third-order valence-electron chi connectivity index (χ3n) is 7.92. The maximum Gasteiger partial charge on any atom is 0.309 e. The first-order valence-corrected chi connectivity index (χ1v) is 18.6. The zero-order valence-corrected chi connectivity index (χ0v) is 28.1. The first-order valence-electron chi connectivity index (χ1n) is 15.0. The van der Waals surface area contributed by atoms with Gasteiger partial charge in [0.1, 0.15) is 11.4 Å². The second-order valence-electron chi connectivity index (χ2n) is 15.0. The van der Waals surface area contributed by atoms with Crippen molar-refractivity contribution in [1.29, 1.82) is 0 Å². The van der Waals surface area contributed by atoms with Gasteiger partial charge < -0.3 is 18.9 Å². The summed E-state index contributed by atoms with van der Waals surface area (Å²) in [6, 6.07) is 8.57. The molecule has 3 rings (SSSR count). The fourth-order valence-corrected chi connectivity index (χ4v) is 7.12. The summed E-state index contributed by atoms with van der Waals surface area (Å²) in [4.78, 5) is 15.9. The molecule has 2 saturated heterocycles. The number of esters is 1. The van der Waals surface area contributed by atoms with Gasteiger partial charge in [0.2, 0.25) is 0 Å². The van der Waals surface area contributed by atoms with Crippen LogP contribution in [0, 0.1) is 17.3 Å². The topological polar surface area (TPSA) is 57.2 Å². The van der Waals surface area contributed by atoms with Gasteiger partial charge in [-0.1, -0.05) is 63.8 Å². The van der Waals surface area contributed by atoms with Crippen molar-refractivity contribution in [1.82, 2.24) is 4.90 Å². The lowest BCUT2D eigenvalue weighted by Crippen LogP contribution is -2.50. The van der Waals surface area contributed by atoms with Crippen LogP contribution in [-0.4, -0.2) is 63.2 Å². The predicted octanol–water partition coefficient (Wildman–Crippen LogP) is 7.24. The van der Waals surface area contributed by atoms with E-state index in [1.54, 1.807) is 7.11 Å². The Morgan fingerprint density at radius 1 is 1.12 bits per heavy atom. The van der Waals surface area contributed by atoms with Crippen LogP contribution < -0.4 is 4.74 Å². The largest absolute Gasteiger partial charge is 0.497 e. The molecule has 40 heavy (non-hydrogen) atoms. The summed E-state index contributed by atoms with van der Waals surface area (Å²) < 4.78 is 23.9. The number of rotatable bonds is 9. The van der Waals surface area contributed by atoms with E-state index in [-0.39, 0.29) is 29.3 Å². The fraction of sp³-hybridized carbons (Fsp3) is 0.727. The molecular weight excluding hydrogens is 518 g/mol. The van der Waals surface area contributed by atoms with E-state index in [0.29, 0.717) is 13.2 Å². The van der Waals surface area contributed by atoms with Crippen LogP contribution in [0.4, 0.5) is 0 Å². The summed E-state index contributed by atoms with van der Waals surface area (Å²) in [5, 5.41) is 0. The molecule has 1 aromatic rings. The Bertz CT molecular complexity index is 1010. The molecule has 1 aromatic carbocycles. The Morgan fingerprint density at radius 3 is 2.25 bits per heavy atom. The lowest BCUT2D eigenvalue weighted by molar-refractivity contribution is -0.292. The van der Waals surface area contributed by atoms with E-state index in [2.05, 4.69) is 70.1 Å². The maximum absolute atomic E-state index is 13.3. The van der Waals surface area contributed by atoms with Crippen molar-refractivity contribution in [2.24, 2.45) is 17.3 Å². The maximum atomic E-state index is 13.3. The number of carbonyl (C=O) groups is 1. The summed E-state index contributed by atoms with van der Waals surface area (Å²) in [5.41, 5.74) is 4.74. The van der Waals surface area contributed by atoms with Crippen molar-refractivity contribution < 1.29 is 23.7 Å². The van der Waals surface area contributed by atoms with Gasteiger partial charge >= 0.3 is 5.97 Å². The molecule has 2 fully saturated rings. The molecule has 226 valence electrons. The SMILES string of the molecule is COc1ccc(CN2CC[C@H]([C@H](C)C(=O)OC(C)(C)C)/C(=C/[Si](C)(C)C)[C@@H]2CCC2(C)OCC(C)(C)CO2)cc1. The van der Waals surface area contributed by atoms with Crippen molar-refractivity contribution in [3.8, 4) is 5.75 Å². The molecule has 0 unspecified atom stereocenters. The van der Waals surface area contributed by atoms with Crippen LogP contribution in [0.2, 0.25) is 19.6 Å². The van der Waals surface area contributed by atoms with Crippen LogP contribution in [-0.2, 0) is 25.5 Å². The lowest BCUT2D eigenvalue weighted by atomic mass is 9.76. The molecule has 0 bridgehead atoms. The van der Waals surface area contributed by atoms with Crippen molar-refractivity contribution >= 4 is 14.0 Å². The third kappa shape index (κ3) is 9.43. The zero-order chi connectivity index (χ0) is 29.9. The van der Waals surface area contributed by atoms with Crippen LogP contribution in [0.3, 0.4) is 0 Å². The number of nitrogens with zero attached hydrogens (tertiary/aromatic N) is 1. The van der Waals surface area contributed by atoms with Gasteiger partial charge in [-0.05, 0) is 70.7 Å². The van der Waals surface area contributed by atoms with Crippen LogP contribution in [0.5, 0.6) is 5.75 Å². The Kier molecular flexibility index (Phi) is 10.4. The highest BCUT2D eigenvalue weighted by Gasteiger charge is 2.42. The standard InChI is InChI=1S/C33H55NO5Si/c1-24(30(35)39-31(2,3)4)27-17-19-34(20-25-12-14-26(36-8)15-13-25)29(28(27)21-40(9,10)11)16-18-33(7)37-22-32(5,6)23-38-33/h12-15,21,24,27,29H,16-20,22-23H2,1-11H3/b28-21-/t24-,27+,29-/m0/s1. The highest BCUT2D eigenvalue weighted by Crippen LogP contribution is 2.41. The van der Waals surface area contributed by atoms with Crippen LogP contribution in [0.15, 0.2) is 35.5 Å². The van der Waals surface area contributed by atoms with Crippen molar-refractivity contribution in [3.05, 3.63) is 41.1 Å². The molecule has 0 N–H and O–H groups in total. The van der Waals surface area contributed by atoms with Crippen LogP contribution in [0.25, 0.3) is 0 Å². The molecule has 0 saturated carbocycles. The van der Waals surface area contributed by atoms with Crippen LogP contribution >= 0.6 is 0 Å². The number of ether oxygens (including phenoxy) is 4. The van der Waals surface area contributed by atoms with Gasteiger partial charge in [0.05, 0.1) is 34.3 Å². The quantitative estimate of drug-likeness (QED) is 0.229. The third-order valence-corrected chi connectivity index (χ3v) is 9.12. The average molecular weight is 574 g/mol. The average Bonchev–Trinajstić information content (AvgIpc) is 2.84. The number of methoxy groups -OCH3 is 1. The molecule has 0 aliphatic carbocycles. The van der Waals surface area contributed by atoms with E-state index in [4.69, 9.17) is 18.9 Å². The molecular formula is C33H55NO5Si. The van der Waals surface area contributed by atoms with Gasteiger partial charge in [0, 0.05) is 24.4 Å². The number of likely N-dealkylation sites (tertiary alicyclic amines) is 1. The van der Waals surface area contributed by atoms with Gasteiger partial charge in [0.25, 0.3) is 0 Å². The van der Waals surface area contributed by atoms with Crippen molar-refractivity contribution in [3.63, 3.8) is 0 Å². The van der Waals surface area contributed by atoms with Crippen molar-refractivity contribution in [2.75, 3.05) is 26.9 Å². The Morgan fingerprint density at radius 2 is 1.73 bits per heavy atom. The summed E-state index contributed by atoms with van der Waals surface area (Å²) in [5.74, 6) is 0.112. The second-order valence-corrected chi connectivity index (χ2v) is 20.0. The first-order chi connectivity index (χ1) is 18.4. The van der Waals surface area contributed by atoms with E-state index in [0.717, 1.165) is 38.1 Å². The molecule has 0 aromatic heterocycles. The van der Waals surface area contributed by atoms with Gasteiger partial charge in [-0.3, -0.25) is 9.69 Å². The smallest absolute Gasteiger partial charge is 0.309 e. The van der Waals surface area contributed by atoms with E-state index >= 15 is 0 Å².